The first-order valence-corrected chi connectivity index (χ1v) is 6.71. The van der Waals surface area contributed by atoms with Crippen molar-refractivity contribution < 1.29 is 9.90 Å². The van der Waals surface area contributed by atoms with Crippen LogP contribution in [0.15, 0.2) is 12.2 Å². The van der Waals surface area contributed by atoms with Gasteiger partial charge in [-0.15, -0.1) is 0 Å². The van der Waals surface area contributed by atoms with Crippen LogP contribution in [-0.4, -0.2) is 17.0 Å². The smallest absolute Gasteiger partial charge is 0.138 e. The summed E-state index contributed by atoms with van der Waals surface area (Å²) in [4.78, 5) is 12.1. The molecule has 0 radical (unpaired) electrons. The highest BCUT2D eigenvalue weighted by Gasteiger charge is 2.49. The number of rotatable bonds is 0. The van der Waals surface area contributed by atoms with Gasteiger partial charge in [0.05, 0.1) is 6.10 Å². The summed E-state index contributed by atoms with van der Waals surface area (Å²) in [5, 5.41) is 9.96. The zero-order valence-electron chi connectivity index (χ0n) is 11.2. The van der Waals surface area contributed by atoms with Gasteiger partial charge in [-0.25, -0.2) is 0 Å². The van der Waals surface area contributed by atoms with Gasteiger partial charge in [0.25, 0.3) is 0 Å². The summed E-state index contributed by atoms with van der Waals surface area (Å²) in [6, 6.07) is 0. The molecule has 2 aliphatic carbocycles. The largest absolute Gasteiger partial charge is 0.392 e. The molecular formula is C15H24O2. The number of hydrogen-bond donors (Lipinski definition) is 1. The van der Waals surface area contributed by atoms with Crippen molar-refractivity contribution in [3.8, 4) is 0 Å². The zero-order chi connectivity index (χ0) is 12.8. The Morgan fingerprint density at radius 2 is 2.06 bits per heavy atom. The van der Waals surface area contributed by atoms with Crippen LogP contribution < -0.4 is 0 Å². The van der Waals surface area contributed by atoms with E-state index in [1.54, 1.807) is 0 Å². The lowest BCUT2D eigenvalue weighted by atomic mass is 9.52. The average molecular weight is 236 g/mol. The molecule has 17 heavy (non-hydrogen) atoms. The molecule has 0 aromatic heterocycles. The van der Waals surface area contributed by atoms with Crippen molar-refractivity contribution in [1.82, 2.24) is 0 Å². The molecule has 1 N–H and O–H groups in total. The van der Waals surface area contributed by atoms with Crippen molar-refractivity contribution in [2.24, 2.45) is 23.2 Å². The van der Waals surface area contributed by atoms with E-state index in [1.807, 2.05) is 6.92 Å². The Morgan fingerprint density at radius 1 is 1.41 bits per heavy atom. The van der Waals surface area contributed by atoms with Gasteiger partial charge < -0.3 is 5.11 Å². The van der Waals surface area contributed by atoms with E-state index < -0.39 is 6.10 Å². The number of ketones is 1. The summed E-state index contributed by atoms with van der Waals surface area (Å²) in [7, 11) is 0. The molecule has 2 nitrogen and oxygen atoms in total. The van der Waals surface area contributed by atoms with Gasteiger partial charge >= 0.3 is 0 Å². The van der Waals surface area contributed by atoms with Gasteiger partial charge in [0, 0.05) is 12.3 Å². The van der Waals surface area contributed by atoms with Crippen molar-refractivity contribution in [2.45, 2.75) is 52.6 Å². The lowest BCUT2D eigenvalue weighted by Gasteiger charge is -2.52. The predicted molar refractivity (Wildman–Crippen MR) is 68.5 cm³/mol. The molecule has 0 aromatic rings. The van der Waals surface area contributed by atoms with E-state index in [0.717, 1.165) is 12.8 Å². The Bertz CT molecular complexity index is 343. The molecule has 0 aromatic carbocycles. The fourth-order valence-electron chi connectivity index (χ4n) is 3.48. The SMILES string of the molecule is C=C1CC[C@H](O)[C@@H](C)C(=O)C[C@H]2[C@H]1CC2(C)C. The molecule has 0 heterocycles. The van der Waals surface area contributed by atoms with Crippen LogP contribution in [0.2, 0.25) is 0 Å². The highest BCUT2D eigenvalue weighted by Crippen LogP contribution is 2.56. The third-order valence-electron chi connectivity index (χ3n) is 5.03. The maximum Gasteiger partial charge on any atom is 0.138 e. The van der Waals surface area contributed by atoms with Gasteiger partial charge in [-0.1, -0.05) is 32.9 Å². The van der Waals surface area contributed by atoms with Gasteiger partial charge in [-0.2, -0.15) is 0 Å². The molecule has 0 saturated heterocycles. The van der Waals surface area contributed by atoms with E-state index in [4.69, 9.17) is 0 Å². The normalized spacial score (nSPS) is 41.9. The molecule has 2 rings (SSSR count). The average Bonchev–Trinajstić information content (AvgIpc) is 2.30. The van der Waals surface area contributed by atoms with Crippen molar-refractivity contribution >= 4 is 5.78 Å². The predicted octanol–water partition coefficient (Wildman–Crippen LogP) is 2.95. The topological polar surface area (TPSA) is 37.3 Å². The Kier molecular flexibility index (Phi) is 3.19. The van der Waals surface area contributed by atoms with Gasteiger partial charge in [-0.05, 0) is 36.5 Å². The van der Waals surface area contributed by atoms with Crippen molar-refractivity contribution in [2.75, 3.05) is 0 Å². The van der Waals surface area contributed by atoms with E-state index in [-0.39, 0.29) is 17.1 Å². The number of aliphatic hydroxyl groups excluding tert-OH is 1. The Morgan fingerprint density at radius 3 is 2.65 bits per heavy atom. The van der Waals surface area contributed by atoms with Gasteiger partial charge in [0.2, 0.25) is 0 Å². The summed E-state index contributed by atoms with van der Waals surface area (Å²) in [5.41, 5.74) is 1.51. The second-order valence-corrected chi connectivity index (χ2v) is 6.63. The maximum atomic E-state index is 12.1. The molecule has 0 amide bonds. The monoisotopic (exact) mass is 236 g/mol. The Balaban J connectivity index is 2.20. The van der Waals surface area contributed by atoms with Crippen molar-refractivity contribution in [3.05, 3.63) is 12.2 Å². The third kappa shape index (κ3) is 2.20. The molecule has 0 spiro atoms. The first-order valence-electron chi connectivity index (χ1n) is 6.71. The van der Waals surface area contributed by atoms with Gasteiger partial charge in [0.1, 0.15) is 5.78 Å². The molecule has 0 unspecified atom stereocenters. The van der Waals surface area contributed by atoms with Gasteiger partial charge in [-0.3, -0.25) is 4.79 Å². The molecule has 2 fully saturated rings. The second kappa shape index (κ2) is 4.24. The number of allylic oxidation sites excluding steroid dienone is 1. The minimum absolute atomic E-state index is 0.210. The maximum absolute atomic E-state index is 12.1. The van der Waals surface area contributed by atoms with Gasteiger partial charge in [0.15, 0.2) is 0 Å². The summed E-state index contributed by atoms with van der Waals surface area (Å²) in [6.07, 6.45) is 2.84. The fraction of sp³-hybridized carbons (Fsp3) is 0.800. The van der Waals surface area contributed by atoms with Crippen LogP contribution in [0.3, 0.4) is 0 Å². The van der Waals surface area contributed by atoms with E-state index in [2.05, 4.69) is 20.4 Å². The minimum atomic E-state index is -0.486. The standard InChI is InChI=1S/C15H24O2/c1-9-5-6-13(16)10(2)14(17)7-12-11(9)8-15(12,3)4/h10-13,16H,1,5-8H2,2-4H3/t10-,11+,12+,13+/m1/s1. The Labute approximate surface area is 104 Å². The van der Waals surface area contributed by atoms with E-state index >= 15 is 0 Å². The number of aliphatic hydroxyl groups is 1. The van der Waals surface area contributed by atoms with Crippen LogP contribution in [0.5, 0.6) is 0 Å². The van der Waals surface area contributed by atoms with Crippen molar-refractivity contribution in [3.63, 3.8) is 0 Å². The molecular weight excluding hydrogens is 212 g/mol. The summed E-state index contributed by atoms with van der Waals surface area (Å²) in [5.74, 6) is 0.967. The zero-order valence-corrected chi connectivity index (χ0v) is 11.2. The van der Waals surface area contributed by atoms with Crippen LogP contribution in [0.25, 0.3) is 0 Å². The summed E-state index contributed by atoms with van der Waals surface area (Å²) >= 11 is 0. The summed E-state index contributed by atoms with van der Waals surface area (Å²) < 4.78 is 0. The van der Waals surface area contributed by atoms with E-state index in [0.29, 0.717) is 24.7 Å². The van der Waals surface area contributed by atoms with Crippen LogP contribution in [0.1, 0.15) is 46.5 Å². The number of carbonyl (C=O) groups is 1. The third-order valence-corrected chi connectivity index (χ3v) is 5.03. The van der Waals surface area contributed by atoms with Crippen LogP contribution in [-0.2, 0) is 4.79 Å². The van der Waals surface area contributed by atoms with E-state index in [1.165, 1.54) is 5.57 Å². The molecule has 2 saturated carbocycles. The number of fused-ring (bicyclic) bond motifs is 1. The van der Waals surface area contributed by atoms with Crippen molar-refractivity contribution in [1.29, 1.82) is 0 Å². The molecule has 2 aliphatic rings. The lowest BCUT2D eigenvalue weighted by Crippen LogP contribution is -2.46. The highest BCUT2D eigenvalue weighted by molar-refractivity contribution is 5.81. The minimum Gasteiger partial charge on any atom is -0.392 e. The first-order chi connectivity index (χ1) is 7.83. The highest BCUT2D eigenvalue weighted by atomic mass is 16.3. The molecule has 4 atom stereocenters. The number of hydrogen-bond acceptors (Lipinski definition) is 2. The molecule has 0 bridgehead atoms. The first kappa shape index (κ1) is 12.8. The van der Waals surface area contributed by atoms with Crippen LogP contribution in [0, 0.1) is 23.2 Å². The summed E-state index contributed by atoms with van der Waals surface area (Å²) in [6.45, 7) is 10.5. The van der Waals surface area contributed by atoms with Crippen LogP contribution in [0.4, 0.5) is 0 Å². The van der Waals surface area contributed by atoms with E-state index in [9.17, 15) is 9.90 Å². The molecule has 96 valence electrons. The second-order valence-electron chi connectivity index (χ2n) is 6.63. The fourth-order valence-corrected chi connectivity index (χ4v) is 3.48. The molecule has 2 heteroatoms. The quantitative estimate of drug-likeness (QED) is 0.657. The number of Topliss-reactive ketones (excluding diaryl/α,β-unsaturated/α-hetero) is 1. The lowest BCUT2D eigenvalue weighted by molar-refractivity contribution is -0.130. The molecule has 0 aliphatic heterocycles. The Hall–Kier alpha value is -0.630. The number of carbonyl (C=O) groups excluding carboxylic acids is 1. The van der Waals surface area contributed by atoms with Crippen LogP contribution >= 0.6 is 0 Å².